The van der Waals surface area contributed by atoms with E-state index in [4.69, 9.17) is 15.2 Å². The number of amides is 2. The number of halogens is 2. The largest absolute Gasteiger partial charge is 0.480 e. The normalized spacial score (nSPS) is 19.6. The number of rotatable bonds is 9. The van der Waals surface area contributed by atoms with Crippen LogP contribution in [0.5, 0.6) is 5.88 Å². The van der Waals surface area contributed by atoms with Crippen LogP contribution in [0.1, 0.15) is 40.7 Å². The Morgan fingerprint density at radius 3 is 2.66 bits per heavy atom. The van der Waals surface area contributed by atoms with Crippen molar-refractivity contribution in [2.24, 2.45) is 5.92 Å². The molecule has 3 aromatic heterocycles. The number of alkyl halides is 2. The van der Waals surface area contributed by atoms with Crippen LogP contribution in [0, 0.1) is 12.8 Å². The first-order valence-electron chi connectivity index (χ1n) is 14.4. The van der Waals surface area contributed by atoms with Gasteiger partial charge in [-0.25, -0.2) is 23.3 Å². The van der Waals surface area contributed by atoms with Crippen LogP contribution >= 0.6 is 0 Å². The molecular weight excluding hydrogens is 572 g/mol. The molecular formula is C31H33F2N7O4. The summed E-state index contributed by atoms with van der Waals surface area (Å²) in [6.07, 6.45) is 2.42. The summed E-state index contributed by atoms with van der Waals surface area (Å²) in [6.45, 7) is 2.63. The Kier molecular flexibility index (Phi) is 7.89. The monoisotopic (exact) mass is 605 g/mol. The molecule has 1 saturated carbocycles. The van der Waals surface area contributed by atoms with Gasteiger partial charge in [0.25, 0.3) is 5.91 Å². The smallest absolute Gasteiger partial charge is 0.257 e. The summed E-state index contributed by atoms with van der Waals surface area (Å²) in [5.74, 6) is -3.88. The molecule has 4 heterocycles. The molecule has 230 valence electrons. The van der Waals surface area contributed by atoms with Gasteiger partial charge in [-0.15, -0.1) is 0 Å². The van der Waals surface area contributed by atoms with Crippen LogP contribution in [0.3, 0.4) is 0 Å². The lowest BCUT2D eigenvalue weighted by molar-refractivity contribution is -0.161. The summed E-state index contributed by atoms with van der Waals surface area (Å²) < 4.78 is 40.2. The number of carbonyl (C=O) groups excluding carboxylic acids is 2. The zero-order chi connectivity index (χ0) is 31.0. The second-order valence-corrected chi connectivity index (χ2v) is 11.4. The molecule has 1 aliphatic carbocycles. The SMILES string of the molecule is COc1ncc(-c2cc(C)c3c(N)ncnn23)cc1C(=O)N[C@H]1C[C@@H](COCc2ccccc2)N(C(=O)C2CC(F)(F)C2)C1. The number of anilines is 1. The van der Waals surface area contributed by atoms with Crippen molar-refractivity contribution in [3.63, 3.8) is 0 Å². The van der Waals surface area contributed by atoms with Crippen molar-refractivity contribution < 1.29 is 27.8 Å². The van der Waals surface area contributed by atoms with Gasteiger partial charge in [-0.1, -0.05) is 30.3 Å². The van der Waals surface area contributed by atoms with E-state index < -0.39 is 36.6 Å². The van der Waals surface area contributed by atoms with E-state index in [0.29, 0.717) is 35.6 Å². The lowest BCUT2D eigenvalue weighted by Gasteiger charge is -2.37. The third-order valence-electron chi connectivity index (χ3n) is 8.25. The summed E-state index contributed by atoms with van der Waals surface area (Å²) in [7, 11) is 1.42. The average molecular weight is 606 g/mol. The first-order chi connectivity index (χ1) is 21.1. The third kappa shape index (κ3) is 5.79. The van der Waals surface area contributed by atoms with Crippen LogP contribution in [0.15, 0.2) is 55.0 Å². The summed E-state index contributed by atoms with van der Waals surface area (Å²) in [5, 5.41) is 7.33. The standard InChI is InChI=1S/C31H33F2N7O4/c1-18-8-25(40-26(18)27(34)36-17-37-40)20-9-24(29(43-2)35-13-20)28(41)38-22-10-23(16-44-15-19-6-4-3-5-7-19)39(14-22)30(42)21-11-31(32,33)12-21/h3-9,13,17,21-23H,10-12,14-16H2,1-2H3,(H,38,41)(H2,34,36,37)/t22-,23-/m0/s1. The predicted molar refractivity (Wildman–Crippen MR) is 157 cm³/mol. The Morgan fingerprint density at radius 2 is 1.93 bits per heavy atom. The first kappa shape index (κ1) is 29.4. The second kappa shape index (κ2) is 11.8. The summed E-state index contributed by atoms with van der Waals surface area (Å²) in [6, 6.07) is 12.3. The number of fused-ring (bicyclic) bond motifs is 1. The number of ether oxygens (including phenoxy) is 2. The van der Waals surface area contributed by atoms with Crippen molar-refractivity contribution in [3.8, 4) is 17.1 Å². The van der Waals surface area contributed by atoms with Crippen molar-refractivity contribution in [1.82, 2.24) is 29.8 Å². The number of pyridine rings is 1. The highest BCUT2D eigenvalue weighted by molar-refractivity contribution is 5.98. The van der Waals surface area contributed by atoms with Crippen LogP contribution in [-0.2, 0) is 16.1 Å². The molecule has 2 fully saturated rings. The molecule has 2 atom stereocenters. The number of aromatic nitrogens is 4. The topological polar surface area (TPSA) is 137 Å². The van der Waals surface area contributed by atoms with Crippen LogP contribution in [0.4, 0.5) is 14.6 Å². The van der Waals surface area contributed by atoms with Gasteiger partial charge in [-0.2, -0.15) is 5.10 Å². The number of aryl methyl sites for hydroxylation is 1. The minimum atomic E-state index is -2.82. The zero-order valence-corrected chi connectivity index (χ0v) is 24.4. The van der Waals surface area contributed by atoms with Gasteiger partial charge in [0, 0.05) is 43.1 Å². The molecule has 6 rings (SSSR count). The van der Waals surface area contributed by atoms with Crippen molar-refractivity contribution in [2.75, 3.05) is 26.0 Å². The van der Waals surface area contributed by atoms with Crippen molar-refractivity contribution >= 4 is 23.1 Å². The Hall–Kier alpha value is -4.65. The zero-order valence-electron chi connectivity index (χ0n) is 24.4. The number of methoxy groups -OCH3 is 1. The quantitative estimate of drug-likeness (QED) is 0.295. The maximum atomic E-state index is 13.6. The van der Waals surface area contributed by atoms with Crippen LogP contribution in [0.25, 0.3) is 16.8 Å². The molecule has 44 heavy (non-hydrogen) atoms. The van der Waals surface area contributed by atoms with Crippen molar-refractivity contribution in [1.29, 1.82) is 0 Å². The number of likely N-dealkylation sites (tertiary alicyclic amines) is 1. The van der Waals surface area contributed by atoms with E-state index in [2.05, 4.69) is 20.4 Å². The third-order valence-corrected chi connectivity index (χ3v) is 8.25. The molecule has 0 bridgehead atoms. The lowest BCUT2D eigenvalue weighted by atomic mass is 9.80. The van der Waals surface area contributed by atoms with Gasteiger partial charge in [0.1, 0.15) is 17.4 Å². The van der Waals surface area contributed by atoms with E-state index in [1.165, 1.54) is 13.4 Å². The Labute approximate surface area is 252 Å². The van der Waals surface area contributed by atoms with Crippen LogP contribution in [0.2, 0.25) is 0 Å². The minimum absolute atomic E-state index is 0.128. The number of hydrogen-bond donors (Lipinski definition) is 2. The predicted octanol–water partition coefficient (Wildman–Crippen LogP) is 3.65. The lowest BCUT2D eigenvalue weighted by Crippen LogP contribution is -2.49. The number of hydrogen-bond acceptors (Lipinski definition) is 8. The van der Waals surface area contributed by atoms with E-state index in [1.807, 2.05) is 43.3 Å². The molecule has 0 radical (unpaired) electrons. The van der Waals surface area contributed by atoms with Gasteiger partial charge in [-0.3, -0.25) is 9.59 Å². The molecule has 1 saturated heterocycles. The number of benzene rings is 1. The maximum Gasteiger partial charge on any atom is 0.257 e. The first-order valence-corrected chi connectivity index (χ1v) is 14.4. The summed E-state index contributed by atoms with van der Waals surface area (Å²) in [5.41, 5.74) is 10.0. The van der Waals surface area contributed by atoms with Crippen molar-refractivity contribution in [3.05, 3.63) is 71.7 Å². The molecule has 3 N–H and O–H groups in total. The van der Waals surface area contributed by atoms with Gasteiger partial charge in [0.15, 0.2) is 5.82 Å². The summed E-state index contributed by atoms with van der Waals surface area (Å²) >= 11 is 0. The average Bonchev–Trinajstić information content (AvgIpc) is 3.56. The van der Waals surface area contributed by atoms with E-state index in [0.717, 1.165) is 11.1 Å². The van der Waals surface area contributed by atoms with Gasteiger partial charge < -0.3 is 25.4 Å². The fraction of sp³-hybridized carbons (Fsp3) is 0.387. The Balaban J connectivity index is 1.20. The number of nitrogens with two attached hydrogens (primary N) is 1. The van der Waals surface area contributed by atoms with E-state index in [-0.39, 0.29) is 36.5 Å². The Morgan fingerprint density at radius 1 is 1.16 bits per heavy atom. The van der Waals surface area contributed by atoms with Crippen LogP contribution in [-0.4, -0.2) is 74.6 Å². The van der Waals surface area contributed by atoms with Gasteiger partial charge in [0.05, 0.1) is 32.1 Å². The van der Waals surface area contributed by atoms with Crippen molar-refractivity contribution in [2.45, 2.75) is 50.8 Å². The highest BCUT2D eigenvalue weighted by Crippen LogP contribution is 2.44. The van der Waals surface area contributed by atoms with E-state index >= 15 is 0 Å². The second-order valence-electron chi connectivity index (χ2n) is 11.4. The van der Waals surface area contributed by atoms with Crippen LogP contribution < -0.4 is 15.8 Å². The van der Waals surface area contributed by atoms with Gasteiger partial charge >= 0.3 is 0 Å². The minimum Gasteiger partial charge on any atom is -0.480 e. The van der Waals surface area contributed by atoms with E-state index in [9.17, 15) is 18.4 Å². The molecule has 0 spiro atoms. The van der Waals surface area contributed by atoms with Gasteiger partial charge in [0.2, 0.25) is 17.7 Å². The Bertz CT molecular complexity index is 1690. The molecule has 2 aliphatic rings. The molecule has 0 unspecified atom stereocenters. The maximum absolute atomic E-state index is 13.6. The fourth-order valence-electron chi connectivity index (χ4n) is 6.05. The highest BCUT2D eigenvalue weighted by atomic mass is 19.3. The molecule has 1 aliphatic heterocycles. The molecule has 11 nitrogen and oxygen atoms in total. The molecule has 1 aromatic carbocycles. The fourth-order valence-corrected chi connectivity index (χ4v) is 6.05. The number of nitrogens with zero attached hydrogens (tertiary/aromatic N) is 5. The number of carbonyl (C=O) groups is 2. The number of nitrogens with one attached hydrogen (secondary N) is 1. The van der Waals surface area contributed by atoms with E-state index in [1.54, 1.807) is 21.7 Å². The molecule has 4 aromatic rings. The molecule has 2 amide bonds. The number of nitrogen functional groups attached to an aromatic ring is 1. The summed E-state index contributed by atoms with van der Waals surface area (Å²) in [4.78, 5) is 36.9. The van der Waals surface area contributed by atoms with Gasteiger partial charge in [-0.05, 0) is 36.6 Å². The highest BCUT2D eigenvalue weighted by Gasteiger charge is 2.51. The molecule has 13 heteroatoms.